The number of hydrogen-bond acceptors (Lipinski definition) is 3. The summed E-state index contributed by atoms with van der Waals surface area (Å²) in [6, 6.07) is 15.7. The van der Waals surface area contributed by atoms with Crippen molar-refractivity contribution < 1.29 is 13.2 Å². The van der Waals surface area contributed by atoms with Crippen LogP contribution in [0.1, 0.15) is 56.2 Å². The van der Waals surface area contributed by atoms with Gasteiger partial charge in [0, 0.05) is 18.6 Å². The fourth-order valence-corrected chi connectivity index (χ4v) is 5.34. The highest BCUT2D eigenvalue weighted by molar-refractivity contribution is 7.89. The van der Waals surface area contributed by atoms with Gasteiger partial charge in [-0.2, -0.15) is 0 Å². The molecule has 1 fully saturated rings. The number of benzene rings is 2. The second kappa shape index (κ2) is 8.58. The van der Waals surface area contributed by atoms with Crippen LogP contribution in [0.15, 0.2) is 53.4 Å². The van der Waals surface area contributed by atoms with Gasteiger partial charge in [0.05, 0.1) is 10.5 Å². The lowest BCUT2D eigenvalue weighted by Gasteiger charge is -2.47. The highest BCUT2D eigenvalue weighted by Crippen LogP contribution is 2.45. The largest absolute Gasteiger partial charge is 0.375 e. The normalized spacial score (nSPS) is 25.1. The Bertz CT molecular complexity index is 922. The SMILES string of the molecule is CC[C@]1(C)C[C@@](CCNS(=O)(=O)c2ccc(C)cc2)(c2ccc(C)cc2)CCO1. The van der Waals surface area contributed by atoms with Gasteiger partial charge in [0.1, 0.15) is 0 Å². The van der Waals surface area contributed by atoms with E-state index in [1.807, 2.05) is 19.1 Å². The fraction of sp³-hybridized carbons (Fsp3) is 0.500. The van der Waals surface area contributed by atoms with Gasteiger partial charge in [-0.15, -0.1) is 0 Å². The van der Waals surface area contributed by atoms with Gasteiger partial charge in [0.15, 0.2) is 0 Å². The molecular formula is C24H33NO3S. The van der Waals surface area contributed by atoms with Crippen LogP contribution in [0.2, 0.25) is 0 Å². The van der Waals surface area contributed by atoms with Gasteiger partial charge in [0.25, 0.3) is 0 Å². The van der Waals surface area contributed by atoms with Gasteiger partial charge in [0.2, 0.25) is 10.0 Å². The van der Waals surface area contributed by atoms with E-state index < -0.39 is 10.0 Å². The van der Waals surface area contributed by atoms with Crippen LogP contribution < -0.4 is 4.72 Å². The Kier molecular flexibility index (Phi) is 6.51. The quantitative estimate of drug-likeness (QED) is 0.700. The lowest BCUT2D eigenvalue weighted by atomic mass is 9.66. The van der Waals surface area contributed by atoms with E-state index in [4.69, 9.17) is 4.74 Å². The average Bonchev–Trinajstić information content (AvgIpc) is 2.69. The zero-order valence-corrected chi connectivity index (χ0v) is 18.8. The van der Waals surface area contributed by atoms with Crippen LogP contribution in [-0.2, 0) is 20.2 Å². The van der Waals surface area contributed by atoms with Gasteiger partial charge < -0.3 is 4.74 Å². The first-order chi connectivity index (χ1) is 13.7. The van der Waals surface area contributed by atoms with Gasteiger partial charge in [-0.1, -0.05) is 54.4 Å². The minimum atomic E-state index is -3.51. The second-order valence-electron chi connectivity index (χ2n) is 8.69. The molecule has 158 valence electrons. The molecule has 3 rings (SSSR count). The van der Waals surface area contributed by atoms with Crippen LogP contribution in [0.5, 0.6) is 0 Å². The summed E-state index contributed by atoms with van der Waals surface area (Å²) in [6.45, 7) is 9.47. The highest BCUT2D eigenvalue weighted by Gasteiger charge is 2.43. The molecule has 1 heterocycles. The summed E-state index contributed by atoms with van der Waals surface area (Å²) < 4.78 is 34.4. The smallest absolute Gasteiger partial charge is 0.240 e. The van der Waals surface area contributed by atoms with Gasteiger partial charge in [-0.3, -0.25) is 0 Å². The van der Waals surface area contributed by atoms with Crippen molar-refractivity contribution in [3.8, 4) is 0 Å². The maximum absolute atomic E-state index is 12.7. The van der Waals surface area contributed by atoms with Crippen LogP contribution in [-0.4, -0.2) is 27.2 Å². The molecule has 2 aromatic rings. The first kappa shape index (κ1) is 22.0. The zero-order chi connectivity index (χ0) is 21.1. The minimum Gasteiger partial charge on any atom is -0.375 e. The van der Waals surface area contributed by atoms with Crippen LogP contribution in [0.3, 0.4) is 0 Å². The van der Waals surface area contributed by atoms with E-state index >= 15 is 0 Å². The molecule has 2 atom stereocenters. The van der Waals surface area contributed by atoms with Crippen molar-refractivity contribution in [3.63, 3.8) is 0 Å². The van der Waals surface area contributed by atoms with E-state index in [1.54, 1.807) is 12.1 Å². The van der Waals surface area contributed by atoms with Crippen molar-refractivity contribution in [1.82, 2.24) is 4.72 Å². The molecule has 0 aromatic heterocycles. The molecule has 29 heavy (non-hydrogen) atoms. The molecular weight excluding hydrogens is 382 g/mol. The second-order valence-corrected chi connectivity index (χ2v) is 10.5. The van der Waals surface area contributed by atoms with Crippen molar-refractivity contribution in [3.05, 3.63) is 65.2 Å². The summed E-state index contributed by atoms with van der Waals surface area (Å²) in [4.78, 5) is 0.317. The predicted molar refractivity (Wildman–Crippen MR) is 118 cm³/mol. The molecule has 0 unspecified atom stereocenters. The number of hydrogen-bond donors (Lipinski definition) is 1. The molecule has 1 aliphatic rings. The van der Waals surface area contributed by atoms with Crippen LogP contribution in [0, 0.1) is 13.8 Å². The average molecular weight is 416 g/mol. The maximum atomic E-state index is 12.7. The van der Waals surface area contributed by atoms with E-state index in [-0.39, 0.29) is 11.0 Å². The molecule has 0 amide bonds. The summed E-state index contributed by atoms with van der Waals surface area (Å²) in [5.74, 6) is 0. The third-order valence-electron chi connectivity index (χ3n) is 6.38. The molecule has 0 bridgehead atoms. The van der Waals surface area contributed by atoms with Crippen LogP contribution in [0.25, 0.3) is 0 Å². The number of sulfonamides is 1. The summed E-state index contributed by atoms with van der Waals surface area (Å²) in [5, 5.41) is 0. The summed E-state index contributed by atoms with van der Waals surface area (Å²) in [5.41, 5.74) is 3.28. The molecule has 1 saturated heterocycles. The molecule has 2 aromatic carbocycles. The first-order valence-corrected chi connectivity index (χ1v) is 11.9. The van der Waals surface area contributed by atoms with E-state index in [2.05, 4.69) is 49.8 Å². The standard InChI is InChI=1S/C24H33NO3S/c1-5-23(4)18-24(15-17-28-23,21-10-6-19(2)7-11-21)14-16-25-29(26,27)22-12-8-20(3)9-13-22/h6-13,25H,5,14-18H2,1-4H3/t23-,24+/m1/s1. The Balaban J connectivity index is 1.80. The number of rotatable bonds is 7. The van der Waals surface area contributed by atoms with Gasteiger partial charge in [-0.05, 0) is 64.2 Å². The number of ether oxygens (including phenoxy) is 1. The summed E-state index contributed by atoms with van der Waals surface area (Å²) in [6.07, 6.45) is 3.49. The Labute approximate surface area is 175 Å². The van der Waals surface area contributed by atoms with Crippen molar-refractivity contribution in [2.45, 2.75) is 69.3 Å². The first-order valence-electron chi connectivity index (χ1n) is 10.5. The molecule has 0 spiro atoms. The van der Waals surface area contributed by atoms with Crippen molar-refractivity contribution >= 4 is 10.0 Å². The van der Waals surface area contributed by atoms with E-state index in [1.165, 1.54) is 11.1 Å². The molecule has 1 N–H and O–H groups in total. The molecule has 5 heteroatoms. The Morgan fingerprint density at radius 3 is 2.17 bits per heavy atom. The Hall–Kier alpha value is -1.69. The van der Waals surface area contributed by atoms with Gasteiger partial charge >= 0.3 is 0 Å². The van der Waals surface area contributed by atoms with E-state index in [0.29, 0.717) is 18.0 Å². The highest BCUT2D eigenvalue weighted by atomic mass is 32.2. The Morgan fingerprint density at radius 1 is 1.00 bits per heavy atom. The zero-order valence-electron chi connectivity index (χ0n) is 18.0. The van der Waals surface area contributed by atoms with Crippen molar-refractivity contribution in [2.75, 3.05) is 13.2 Å². The van der Waals surface area contributed by atoms with Crippen molar-refractivity contribution in [1.29, 1.82) is 0 Å². The third kappa shape index (κ3) is 5.08. The number of nitrogens with one attached hydrogen (secondary N) is 1. The summed E-state index contributed by atoms with van der Waals surface area (Å²) >= 11 is 0. The molecule has 0 radical (unpaired) electrons. The lowest BCUT2D eigenvalue weighted by Crippen LogP contribution is -2.47. The monoisotopic (exact) mass is 415 g/mol. The third-order valence-corrected chi connectivity index (χ3v) is 7.86. The topological polar surface area (TPSA) is 55.4 Å². The summed E-state index contributed by atoms with van der Waals surface area (Å²) in [7, 11) is -3.51. The van der Waals surface area contributed by atoms with Gasteiger partial charge in [-0.25, -0.2) is 13.1 Å². The molecule has 1 aliphatic heterocycles. The predicted octanol–water partition coefficient (Wildman–Crippen LogP) is 4.89. The number of aryl methyl sites for hydroxylation is 2. The Morgan fingerprint density at radius 2 is 1.59 bits per heavy atom. The van der Waals surface area contributed by atoms with E-state index in [0.717, 1.165) is 31.2 Å². The maximum Gasteiger partial charge on any atom is 0.240 e. The van der Waals surface area contributed by atoms with E-state index in [9.17, 15) is 8.42 Å². The minimum absolute atomic E-state index is 0.0908. The molecule has 0 saturated carbocycles. The molecule has 4 nitrogen and oxygen atoms in total. The van der Waals surface area contributed by atoms with Crippen LogP contribution >= 0.6 is 0 Å². The molecule has 0 aliphatic carbocycles. The fourth-order valence-electron chi connectivity index (χ4n) is 4.31. The van der Waals surface area contributed by atoms with Crippen molar-refractivity contribution in [2.24, 2.45) is 0 Å². The van der Waals surface area contributed by atoms with Crippen LogP contribution in [0.4, 0.5) is 0 Å². The lowest BCUT2D eigenvalue weighted by molar-refractivity contribution is -0.0977.